The van der Waals surface area contributed by atoms with Gasteiger partial charge in [-0.2, -0.15) is 4.31 Å². The van der Waals surface area contributed by atoms with Gasteiger partial charge in [0.15, 0.2) is 5.78 Å². The normalized spacial score (nSPS) is 19.9. The van der Waals surface area contributed by atoms with Crippen molar-refractivity contribution in [2.24, 2.45) is 0 Å². The molecule has 2 aromatic rings. The van der Waals surface area contributed by atoms with E-state index < -0.39 is 40.3 Å². The van der Waals surface area contributed by atoms with Crippen LogP contribution in [0, 0.1) is 6.92 Å². The third-order valence-electron chi connectivity index (χ3n) is 5.85. The summed E-state index contributed by atoms with van der Waals surface area (Å²) in [7, 11) is -3.68. The van der Waals surface area contributed by atoms with E-state index in [1.807, 2.05) is 19.1 Å². The zero-order valence-corrected chi connectivity index (χ0v) is 19.2. The Morgan fingerprint density at radius 1 is 1.00 bits per heavy atom. The lowest BCUT2D eigenvalue weighted by Gasteiger charge is -2.26. The number of nitrogens with zero attached hydrogens (tertiary/aromatic N) is 3. The Bertz CT molecular complexity index is 1170. The second-order valence-corrected chi connectivity index (χ2v) is 9.99. The smallest absolute Gasteiger partial charge is 0.332 e. The summed E-state index contributed by atoms with van der Waals surface area (Å²) in [6, 6.07) is 11.5. The zero-order chi connectivity index (χ0) is 23.8. The third-order valence-corrected chi connectivity index (χ3v) is 7.76. The van der Waals surface area contributed by atoms with Gasteiger partial charge in [-0.1, -0.05) is 17.7 Å². The van der Waals surface area contributed by atoms with Gasteiger partial charge < -0.3 is 4.74 Å². The van der Waals surface area contributed by atoms with Crippen molar-refractivity contribution in [2.75, 3.05) is 37.7 Å². The zero-order valence-electron chi connectivity index (χ0n) is 18.4. The van der Waals surface area contributed by atoms with E-state index in [1.54, 1.807) is 19.1 Å². The Morgan fingerprint density at radius 2 is 1.61 bits per heavy atom. The van der Waals surface area contributed by atoms with Gasteiger partial charge in [0.1, 0.15) is 6.04 Å². The molecule has 0 radical (unpaired) electrons. The number of carbonyl (C=O) groups is 3. The average Bonchev–Trinajstić information content (AvgIpc) is 3.03. The molecule has 33 heavy (non-hydrogen) atoms. The molecule has 0 bridgehead atoms. The fourth-order valence-electron chi connectivity index (χ4n) is 3.89. The molecule has 2 aromatic carbocycles. The fourth-order valence-corrected chi connectivity index (χ4v) is 5.30. The molecular weight excluding hydrogens is 446 g/mol. The lowest BCUT2D eigenvalue weighted by molar-refractivity contribution is -0.126. The van der Waals surface area contributed by atoms with E-state index in [2.05, 4.69) is 0 Å². The van der Waals surface area contributed by atoms with Crippen LogP contribution in [0.1, 0.15) is 22.8 Å². The molecule has 2 aliphatic heterocycles. The first-order chi connectivity index (χ1) is 15.7. The molecule has 2 heterocycles. The second kappa shape index (κ2) is 9.05. The molecule has 2 saturated heterocycles. The van der Waals surface area contributed by atoms with Crippen LogP contribution in [-0.2, 0) is 19.6 Å². The van der Waals surface area contributed by atoms with Crippen LogP contribution in [0.5, 0.6) is 0 Å². The summed E-state index contributed by atoms with van der Waals surface area (Å²) in [4.78, 5) is 40.8. The first-order valence-corrected chi connectivity index (χ1v) is 12.1. The quantitative estimate of drug-likeness (QED) is 0.472. The number of carbonyl (C=O) groups excluding carboxylic acids is 3. The Labute approximate surface area is 192 Å². The molecule has 10 heteroatoms. The molecule has 0 saturated carbocycles. The lowest BCUT2D eigenvalue weighted by Crippen LogP contribution is -2.40. The maximum Gasteiger partial charge on any atom is 0.332 e. The minimum absolute atomic E-state index is 0.0773. The highest BCUT2D eigenvalue weighted by Gasteiger charge is 2.44. The number of sulfonamides is 1. The van der Waals surface area contributed by atoms with E-state index >= 15 is 0 Å². The number of ketones is 1. The summed E-state index contributed by atoms with van der Waals surface area (Å²) < 4.78 is 32.0. The Morgan fingerprint density at radius 3 is 2.21 bits per heavy atom. The number of imide groups is 1. The predicted octanol–water partition coefficient (Wildman–Crippen LogP) is 2.06. The number of hydrogen-bond acceptors (Lipinski definition) is 6. The largest absolute Gasteiger partial charge is 0.379 e. The van der Waals surface area contributed by atoms with Gasteiger partial charge in [-0.15, -0.1) is 0 Å². The van der Waals surface area contributed by atoms with Crippen molar-refractivity contribution in [3.8, 4) is 0 Å². The molecule has 1 atom stereocenters. The topological polar surface area (TPSA) is 104 Å². The number of aryl methyl sites for hydroxylation is 1. The molecular formula is C23H25N3O6S. The summed E-state index contributed by atoms with van der Waals surface area (Å²) >= 11 is 0. The molecule has 0 aromatic heterocycles. The number of anilines is 1. The van der Waals surface area contributed by atoms with E-state index in [-0.39, 0.29) is 23.5 Å². The molecule has 9 nitrogen and oxygen atoms in total. The number of morpholine rings is 1. The third kappa shape index (κ3) is 4.41. The van der Waals surface area contributed by atoms with Crippen LogP contribution in [0.15, 0.2) is 53.4 Å². The molecule has 2 fully saturated rings. The molecule has 0 spiro atoms. The number of amides is 3. The molecule has 3 amide bonds. The first kappa shape index (κ1) is 23.1. The van der Waals surface area contributed by atoms with Crippen LogP contribution in [0.25, 0.3) is 0 Å². The molecule has 0 aliphatic carbocycles. The van der Waals surface area contributed by atoms with E-state index in [1.165, 1.54) is 33.5 Å². The summed E-state index contributed by atoms with van der Waals surface area (Å²) in [6.45, 7) is 4.36. The van der Waals surface area contributed by atoms with E-state index in [9.17, 15) is 22.8 Å². The molecule has 2 aliphatic rings. The second-order valence-electron chi connectivity index (χ2n) is 8.05. The van der Waals surface area contributed by atoms with Gasteiger partial charge in [-0.25, -0.2) is 13.2 Å². The number of urea groups is 1. The number of hydrogen-bond donors (Lipinski definition) is 0. The van der Waals surface area contributed by atoms with Gasteiger partial charge in [0.05, 0.1) is 24.7 Å². The van der Waals surface area contributed by atoms with Crippen LogP contribution < -0.4 is 4.90 Å². The summed E-state index contributed by atoms with van der Waals surface area (Å²) in [5, 5.41) is 0. The molecule has 4 rings (SSSR count). The number of benzene rings is 2. The van der Waals surface area contributed by atoms with Crippen LogP contribution in [0.2, 0.25) is 0 Å². The van der Waals surface area contributed by atoms with Crippen LogP contribution in [0.3, 0.4) is 0 Å². The minimum atomic E-state index is -3.68. The van der Waals surface area contributed by atoms with Crippen molar-refractivity contribution in [2.45, 2.75) is 24.8 Å². The Kier molecular flexibility index (Phi) is 6.33. The SMILES string of the molecule is Cc1ccc(N2C(=O)N(CC(=O)c3ccc(S(=O)(=O)N4CCOCC4)cc3)C(=O)C2C)cc1. The molecule has 1 unspecified atom stereocenters. The van der Waals surface area contributed by atoms with Crippen molar-refractivity contribution < 1.29 is 27.5 Å². The van der Waals surface area contributed by atoms with Crippen molar-refractivity contribution >= 4 is 33.4 Å². The highest BCUT2D eigenvalue weighted by Crippen LogP contribution is 2.26. The van der Waals surface area contributed by atoms with Crippen molar-refractivity contribution in [1.82, 2.24) is 9.21 Å². The van der Waals surface area contributed by atoms with Crippen LogP contribution in [0.4, 0.5) is 10.5 Å². The van der Waals surface area contributed by atoms with Gasteiger partial charge in [0.2, 0.25) is 10.0 Å². The summed E-state index contributed by atoms with van der Waals surface area (Å²) in [5.41, 5.74) is 1.83. The maximum atomic E-state index is 12.9. The molecule has 0 N–H and O–H groups in total. The highest BCUT2D eigenvalue weighted by molar-refractivity contribution is 7.89. The van der Waals surface area contributed by atoms with Crippen LogP contribution in [-0.4, -0.2) is 74.2 Å². The van der Waals surface area contributed by atoms with Gasteiger partial charge >= 0.3 is 6.03 Å². The maximum absolute atomic E-state index is 12.9. The Balaban J connectivity index is 1.48. The standard InChI is InChI=1S/C23H25N3O6S/c1-16-3-7-19(8-4-16)26-17(2)22(28)25(23(26)29)15-21(27)18-5-9-20(10-6-18)33(30,31)24-11-13-32-14-12-24/h3-10,17H,11-15H2,1-2H3. The van der Waals surface area contributed by atoms with Gasteiger partial charge in [-0.05, 0) is 50.2 Å². The van der Waals surface area contributed by atoms with E-state index in [4.69, 9.17) is 4.74 Å². The van der Waals surface area contributed by atoms with Crippen molar-refractivity contribution in [1.29, 1.82) is 0 Å². The van der Waals surface area contributed by atoms with Crippen molar-refractivity contribution in [3.05, 3.63) is 59.7 Å². The fraction of sp³-hybridized carbons (Fsp3) is 0.348. The van der Waals surface area contributed by atoms with Gasteiger partial charge in [-0.3, -0.25) is 19.4 Å². The number of Topliss-reactive ketones (excluding diaryl/α,β-unsaturated/α-hetero) is 1. The van der Waals surface area contributed by atoms with Gasteiger partial charge in [0, 0.05) is 24.3 Å². The summed E-state index contributed by atoms with van der Waals surface area (Å²) in [6.07, 6.45) is 0. The Hall–Kier alpha value is -3.08. The van der Waals surface area contributed by atoms with Crippen molar-refractivity contribution in [3.63, 3.8) is 0 Å². The van der Waals surface area contributed by atoms with E-state index in [0.29, 0.717) is 18.9 Å². The van der Waals surface area contributed by atoms with Crippen LogP contribution >= 0.6 is 0 Å². The lowest BCUT2D eigenvalue weighted by atomic mass is 10.1. The number of rotatable bonds is 6. The highest BCUT2D eigenvalue weighted by atomic mass is 32.2. The van der Waals surface area contributed by atoms with E-state index in [0.717, 1.165) is 10.5 Å². The number of ether oxygens (including phenoxy) is 1. The summed E-state index contributed by atoms with van der Waals surface area (Å²) in [5.74, 6) is -0.912. The first-order valence-electron chi connectivity index (χ1n) is 10.6. The predicted molar refractivity (Wildman–Crippen MR) is 121 cm³/mol. The monoisotopic (exact) mass is 471 g/mol. The minimum Gasteiger partial charge on any atom is -0.379 e. The van der Waals surface area contributed by atoms with Gasteiger partial charge in [0.25, 0.3) is 5.91 Å². The molecule has 174 valence electrons. The average molecular weight is 472 g/mol.